The second-order valence-corrected chi connectivity index (χ2v) is 5.15. The van der Waals surface area contributed by atoms with Gasteiger partial charge in [-0.2, -0.15) is 0 Å². The molecule has 0 saturated heterocycles. The van der Waals surface area contributed by atoms with E-state index in [4.69, 9.17) is 0 Å². The van der Waals surface area contributed by atoms with E-state index in [9.17, 15) is 0 Å². The molecule has 2 nitrogen and oxygen atoms in total. The van der Waals surface area contributed by atoms with Crippen LogP contribution in [0.1, 0.15) is 19.4 Å². The van der Waals surface area contributed by atoms with Gasteiger partial charge in [-0.05, 0) is 17.9 Å². The van der Waals surface area contributed by atoms with Crippen molar-refractivity contribution in [1.29, 1.82) is 0 Å². The zero-order valence-corrected chi connectivity index (χ0v) is 11.8. The zero-order chi connectivity index (χ0) is 13.5. The third-order valence-electron chi connectivity index (χ3n) is 3.11. The normalized spacial score (nSPS) is 11.3. The third kappa shape index (κ3) is 4.44. The summed E-state index contributed by atoms with van der Waals surface area (Å²) in [7, 11) is 0.917. The smallest absolute Gasteiger partial charge is 0.229 e. The molecule has 19 heavy (non-hydrogen) atoms. The summed E-state index contributed by atoms with van der Waals surface area (Å²) < 4.78 is 2.25. The van der Waals surface area contributed by atoms with Crippen molar-refractivity contribution < 1.29 is 0 Å². The lowest BCUT2D eigenvalue weighted by molar-refractivity contribution is 0.713. The molecule has 0 amide bonds. The van der Waals surface area contributed by atoms with Crippen molar-refractivity contribution in [2.24, 2.45) is 5.92 Å². The van der Waals surface area contributed by atoms with Gasteiger partial charge in [-0.3, -0.25) is 4.98 Å². The molecule has 1 aromatic heterocycles. The van der Waals surface area contributed by atoms with E-state index >= 15 is 0 Å². The maximum Gasteiger partial charge on any atom is 0.229 e. The molecule has 1 heterocycles. The number of hydrogen-bond donors (Lipinski definition) is 0. The van der Waals surface area contributed by atoms with Crippen LogP contribution in [0, 0.1) is 5.92 Å². The Labute approximate surface area is 116 Å². The van der Waals surface area contributed by atoms with Gasteiger partial charge in [0.05, 0.1) is 5.72 Å². The van der Waals surface area contributed by atoms with Crippen molar-refractivity contribution in [2.75, 3.05) is 0 Å². The molecule has 2 aromatic rings. The molecule has 0 fully saturated rings. The summed E-state index contributed by atoms with van der Waals surface area (Å²) in [4.78, 5) is 4.44. The first kappa shape index (κ1) is 13.7. The maximum atomic E-state index is 4.44. The Morgan fingerprint density at radius 3 is 2.79 bits per heavy atom. The number of aromatic nitrogens is 2. The fourth-order valence-corrected chi connectivity index (χ4v) is 2.07. The molecule has 0 atom stereocenters. The molecule has 0 N–H and O–H groups in total. The fourth-order valence-electron chi connectivity index (χ4n) is 2.07. The van der Waals surface area contributed by atoms with Crippen LogP contribution in [0.5, 0.6) is 0 Å². The lowest BCUT2D eigenvalue weighted by Crippen LogP contribution is -2.26. The highest BCUT2D eigenvalue weighted by molar-refractivity contribution is 6.56. The number of rotatable bonds is 6. The zero-order valence-electron chi connectivity index (χ0n) is 11.8. The van der Waals surface area contributed by atoms with Gasteiger partial charge >= 0.3 is 0 Å². The molecule has 3 heteroatoms. The molecule has 0 aliphatic heterocycles. The average Bonchev–Trinajstić information content (AvgIpc) is 2.85. The van der Waals surface area contributed by atoms with Crippen LogP contribution in [-0.4, -0.2) is 16.8 Å². The number of hydrogen-bond acceptors (Lipinski definition) is 1. The highest BCUT2D eigenvalue weighted by Crippen LogP contribution is 2.01. The van der Waals surface area contributed by atoms with E-state index in [-0.39, 0.29) is 0 Å². The van der Waals surface area contributed by atoms with Gasteiger partial charge in [-0.25, -0.2) is 0 Å². The first-order valence-corrected chi connectivity index (χ1v) is 6.96. The topological polar surface area (TPSA) is 17.8 Å². The summed E-state index contributed by atoms with van der Waals surface area (Å²) in [5, 5.41) is 0. The van der Waals surface area contributed by atoms with Crippen LogP contribution in [0.15, 0.2) is 54.8 Å². The van der Waals surface area contributed by atoms with Crippen LogP contribution >= 0.6 is 0 Å². The summed E-state index contributed by atoms with van der Waals surface area (Å²) in [6.07, 6.45) is 7.25. The van der Waals surface area contributed by atoms with Crippen molar-refractivity contribution >= 4 is 13.0 Å². The van der Waals surface area contributed by atoms with Crippen LogP contribution in [-0.2, 0) is 13.0 Å². The van der Waals surface area contributed by atoms with E-state index in [0.717, 1.165) is 26.0 Å². The van der Waals surface area contributed by atoms with E-state index in [1.54, 1.807) is 0 Å². The van der Waals surface area contributed by atoms with E-state index in [1.807, 2.05) is 6.20 Å². The number of nitrogens with zero attached hydrogens (tertiary/aromatic N) is 2. The molecule has 0 bridgehead atoms. The quantitative estimate of drug-likeness (QED) is 0.721. The Bertz CT molecular complexity index is 515. The van der Waals surface area contributed by atoms with Gasteiger partial charge in [0.15, 0.2) is 0 Å². The molecule has 1 aromatic carbocycles. The van der Waals surface area contributed by atoms with E-state index < -0.39 is 0 Å². The number of allylic oxidation sites excluding steroid dienone is 1. The molecular weight excluding hydrogens is 231 g/mol. The molecule has 0 unspecified atom stereocenters. The third-order valence-corrected chi connectivity index (χ3v) is 3.11. The van der Waals surface area contributed by atoms with Gasteiger partial charge in [0.25, 0.3) is 0 Å². The van der Waals surface area contributed by atoms with Crippen molar-refractivity contribution in [3.8, 4) is 0 Å². The predicted molar refractivity (Wildman–Crippen MR) is 83.1 cm³/mol. The molecule has 0 aliphatic rings. The number of aryl methyl sites for hydroxylation is 2. The molecule has 0 saturated carbocycles. The number of benzene rings is 1. The summed E-state index contributed by atoms with van der Waals surface area (Å²) in [6, 6.07) is 10.6. The minimum atomic E-state index is 0.604. The minimum absolute atomic E-state index is 0.604. The second kappa shape index (κ2) is 6.98. The molecular formula is C16H21BN2. The predicted octanol–water partition coefficient (Wildman–Crippen LogP) is 2.36. The molecule has 2 rings (SSSR count). The summed E-state index contributed by atoms with van der Waals surface area (Å²) in [6.45, 7) is 5.38. The van der Waals surface area contributed by atoms with E-state index in [2.05, 4.69) is 72.0 Å². The Balaban J connectivity index is 1.92. The van der Waals surface area contributed by atoms with Gasteiger partial charge < -0.3 is 4.57 Å². The van der Waals surface area contributed by atoms with Crippen LogP contribution < -0.4 is 5.72 Å². The molecule has 0 radical (unpaired) electrons. The number of imidazole rings is 1. The lowest BCUT2D eigenvalue weighted by Gasteiger charge is -2.06. The Morgan fingerprint density at radius 2 is 2.05 bits per heavy atom. The van der Waals surface area contributed by atoms with Gasteiger partial charge in [0.1, 0.15) is 0 Å². The van der Waals surface area contributed by atoms with Crippen LogP contribution in [0.2, 0.25) is 0 Å². The van der Waals surface area contributed by atoms with Gasteiger partial charge in [-0.1, -0.05) is 50.3 Å². The average molecular weight is 252 g/mol. The van der Waals surface area contributed by atoms with Gasteiger partial charge in [0, 0.05) is 18.9 Å². The Morgan fingerprint density at radius 1 is 1.26 bits per heavy atom. The first-order chi connectivity index (χ1) is 9.25. The maximum absolute atomic E-state index is 4.44. The van der Waals surface area contributed by atoms with Crippen molar-refractivity contribution in [3.05, 3.63) is 60.3 Å². The highest BCUT2D eigenvalue weighted by Gasteiger charge is 2.02. The summed E-state index contributed by atoms with van der Waals surface area (Å²) >= 11 is 0. The van der Waals surface area contributed by atoms with Crippen molar-refractivity contribution in [3.63, 3.8) is 0 Å². The molecule has 0 spiro atoms. The van der Waals surface area contributed by atoms with Crippen LogP contribution in [0.3, 0.4) is 0 Å². The standard InChI is InChI=1S/C16H21BN2/c1-14(2)8-10-17-16-18-11-13-19(16)12-9-15-6-4-3-5-7-15/h3-8,10-11,13-14,17H,9,12H2,1-2H3. The first-order valence-electron chi connectivity index (χ1n) is 6.96. The molecule has 0 aliphatic carbocycles. The molecule has 98 valence electrons. The van der Waals surface area contributed by atoms with Gasteiger partial charge in [-0.15, -0.1) is 5.98 Å². The SMILES string of the molecule is CC(C)C=CBc1nccn1CCc1ccccc1. The summed E-state index contributed by atoms with van der Waals surface area (Å²) in [5.41, 5.74) is 2.52. The van der Waals surface area contributed by atoms with E-state index in [1.165, 1.54) is 5.56 Å². The van der Waals surface area contributed by atoms with E-state index in [0.29, 0.717) is 5.92 Å². The monoisotopic (exact) mass is 252 g/mol. The lowest BCUT2D eigenvalue weighted by atomic mass is 9.76. The van der Waals surface area contributed by atoms with Crippen LogP contribution in [0.4, 0.5) is 0 Å². The Hall–Kier alpha value is -1.77. The Kier molecular flexibility index (Phi) is 5.02. The largest absolute Gasteiger partial charge is 0.343 e. The van der Waals surface area contributed by atoms with Crippen molar-refractivity contribution in [1.82, 2.24) is 9.55 Å². The minimum Gasteiger partial charge on any atom is -0.343 e. The van der Waals surface area contributed by atoms with Gasteiger partial charge in [0.2, 0.25) is 7.28 Å². The summed E-state index contributed by atoms with van der Waals surface area (Å²) in [5.74, 6) is 2.82. The van der Waals surface area contributed by atoms with Crippen LogP contribution in [0.25, 0.3) is 0 Å². The van der Waals surface area contributed by atoms with Crippen molar-refractivity contribution in [2.45, 2.75) is 26.8 Å². The fraction of sp³-hybridized carbons (Fsp3) is 0.312. The highest BCUT2D eigenvalue weighted by atomic mass is 15.0. The second-order valence-electron chi connectivity index (χ2n) is 5.15.